The fourth-order valence-electron chi connectivity index (χ4n) is 3.20. The molecule has 0 bridgehead atoms. The predicted molar refractivity (Wildman–Crippen MR) is 82.5 cm³/mol. The first-order chi connectivity index (χ1) is 10.2. The van der Waals surface area contributed by atoms with Crippen molar-refractivity contribution in [3.8, 4) is 0 Å². The average Bonchev–Trinajstić information content (AvgIpc) is 2.95. The number of carboxylic acid groups (broad SMARTS) is 1. The Balaban J connectivity index is 1.83. The minimum atomic E-state index is -0.876. The van der Waals surface area contributed by atoms with E-state index in [1.165, 1.54) is 25.7 Å². The Bertz CT molecular complexity index is 450. The van der Waals surface area contributed by atoms with Gasteiger partial charge >= 0.3 is 5.97 Å². The molecule has 21 heavy (non-hydrogen) atoms. The zero-order valence-electron chi connectivity index (χ0n) is 12.7. The van der Waals surface area contributed by atoms with Crippen LogP contribution in [-0.2, 0) is 11.3 Å². The fraction of sp³-hybridized carbons (Fsp3) is 0.588. The molecule has 116 valence electrons. The molecule has 0 unspecified atom stereocenters. The predicted octanol–water partition coefficient (Wildman–Crippen LogP) is 3.07. The standard InChI is InChI=1S/C17H25NO3/c1-21-11-10-17(8-2-3-9-17)13-18-12-14-4-6-15(7-5-14)16(19)20/h4-7,18H,2-3,8-13H2,1H3,(H,19,20). The van der Waals surface area contributed by atoms with Crippen LogP contribution >= 0.6 is 0 Å². The van der Waals surface area contributed by atoms with Gasteiger partial charge in [0.25, 0.3) is 0 Å². The van der Waals surface area contributed by atoms with Gasteiger partial charge in [0.2, 0.25) is 0 Å². The molecule has 2 rings (SSSR count). The Hall–Kier alpha value is -1.39. The molecular weight excluding hydrogens is 266 g/mol. The maximum Gasteiger partial charge on any atom is 0.335 e. The molecule has 0 spiro atoms. The van der Waals surface area contributed by atoms with Crippen molar-refractivity contribution in [1.29, 1.82) is 0 Å². The van der Waals surface area contributed by atoms with Gasteiger partial charge in [-0.2, -0.15) is 0 Å². The maximum atomic E-state index is 10.8. The highest BCUT2D eigenvalue weighted by Crippen LogP contribution is 2.40. The highest BCUT2D eigenvalue weighted by atomic mass is 16.5. The van der Waals surface area contributed by atoms with Gasteiger partial charge in [0, 0.05) is 26.8 Å². The largest absolute Gasteiger partial charge is 0.478 e. The molecule has 0 atom stereocenters. The molecule has 1 fully saturated rings. The van der Waals surface area contributed by atoms with Crippen LogP contribution in [0.2, 0.25) is 0 Å². The molecule has 0 heterocycles. The number of methoxy groups -OCH3 is 1. The van der Waals surface area contributed by atoms with Gasteiger partial charge in [-0.3, -0.25) is 0 Å². The van der Waals surface area contributed by atoms with Crippen LogP contribution in [0.15, 0.2) is 24.3 Å². The zero-order chi connectivity index (χ0) is 15.1. The molecule has 4 nitrogen and oxygen atoms in total. The molecule has 0 amide bonds. The van der Waals surface area contributed by atoms with Crippen LogP contribution in [0.3, 0.4) is 0 Å². The number of carboxylic acids is 1. The molecule has 0 aromatic heterocycles. The highest BCUT2D eigenvalue weighted by molar-refractivity contribution is 5.87. The van der Waals surface area contributed by atoms with E-state index >= 15 is 0 Å². The van der Waals surface area contributed by atoms with E-state index in [0.717, 1.165) is 31.7 Å². The van der Waals surface area contributed by atoms with Gasteiger partial charge in [-0.05, 0) is 42.4 Å². The Kier molecular flexibility index (Phi) is 5.76. The average molecular weight is 291 g/mol. The molecule has 0 saturated heterocycles. The molecule has 2 N–H and O–H groups in total. The lowest BCUT2D eigenvalue weighted by molar-refractivity contribution is 0.0697. The van der Waals surface area contributed by atoms with Crippen LogP contribution < -0.4 is 5.32 Å². The number of ether oxygens (including phenoxy) is 1. The molecule has 1 aliphatic rings. The molecule has 1 aromatic carbocycles. The first-order valence-corrected chi connectivity index (χ1v) is 7.67. The SMILES string of the molecule is COCCC1(CNCc2ccc(C(=O)O)cc2)CCCC1. The van der Waals surface area contributed by atoms with Crippen molar-refractivity contribution in [2.45, 2.75) is 38.6 Å². The van der Waals surface area contributed by atoms with Gasteiger partial charge in [0.05, 0.1) is 5.56 Å². The van der Waals surface area contributed by atoms with Crippen molar-refractivity contribution in [3.05, 3.63) is 35.4 Å². The second-order valence-electron chi connectivity index (χ2n) is 6.06. The van der Waals surface area contributed by atoms with Crippen molar-refractivity contribution in [3.63, 3.8) is 0 Å². The Morgan fingerprint density at radius 1 is 1.29 bits per heavy atom. The second kappa shape index (κ2) is 7.57. The quantitative estimate of drug-likeness (QED) is 0.773. The summed E-state index contributed by atoms with van der Waals surface area (Å²) >= 11 is 0. The molecule has 0 radical (unpaired) electrons. The van der Waals surface area contributed by atoms with E-state index in [1.54, 1.807) is 19.2 Å². The van der Waals surface area contributed by atoms with Crippen LogP contribution in [0.5, 0.6) is 0 Å². The Morgan fingerprint density at radius 2 is 1.95 bits per heavy atom. The number of rotatable bonds is 8. The van der Waals surface area contributed by atoms with Crippen LogP contribution in [0.1, 0.15) is 48.0 Å². The minimum absolute atomic E-state index is 0.339. The molecular formula is C17H25NO3. The lowest BCUT2D eigenvalue weighted by atomic mass is 9.83. The Morgan fingerprint density at radius 3 is 2.52 bits per heavy atom. The summed E-state index contributed by atoms with van der Waals surface area (Å²) in [6.07, 6.45) is 6.31. The van der Waals surface area contributed by atoms with Gasteiger partial charge < -0.3 is 15.2 Å². The smallest absolute Gasteiger partial charge is 0.335 e. The van der Waals surface area contributed by atoms with Crippen LogP contribution in [0.25, 0.3) is 0 Å². The third-order valence-corrected chi connectivity index (χ3v) is 4.53. The van der Waals surface area contributed by atoms with Gasteiger partial charge in [-0.25, -0.2) is 4.79 Å². The van der Waals surface area contributed by atoms with Crippen molar-refractivity contribution >= 4 is 5.97 Å². The normalized spacial score (nSPS) is 17.0. The molecule has 1 saturated carbocycles. The van der Waals surface area contributed by atoms with Gasteiger partial charge in [0.15, 0.2) is 0 Å². The Labute approximate surface area is 126 Å². The monoisotopic (exact) mass is 291 g/mol. The van der Waals surface area contributed by atoms with Crippen molar-refractivity contribution < 1.29 is 14.6 Å². The first-order valence-electron chi connectivity index (χ1n) is 7.67. The second-order valence-corrected chi connectivity index (χ2v) is 6.06. The molecule has 0 aliphatic heterocycles. The summed E-state index contributed by atoms with van der Waals surface area (Å²) in [5, 5.41) is 12.4. The number of hydrogen-bond acceptors (Lipinski definition) is 3. The number of hydrogen-bond donors (Lipinski definition) is 2. The summed E-state index contributed by atoms with van der Waals surface area (Å²) in [5.74, 6) is -0.876. The van der Waals surface area contributed by atoms with Crippen LogP contribution in [0.4, 0.5) is 0 Å². The summed E-state index contributed by atoms with van der Waals surface area (Å²) < 4.78 is 5.25. The van der Waals surface area contributed by atoms with Gasteiger partial charge in [-0.15, -0.1) is 0 Å². The van der Waals surface area contributed by atoms with E-state index < -0.39 is 5.97 Å². The number of carbonyl (C=O) groups is 1. The first kappa shape index (κ1) is 16.0. The van der Waals surface area contributed by atoms with Crippen LogP contribution in [0, 0.1) is 5.41 Å². The molecule has 4 heteroatoms. The van der Waals surface area contributed by atoms with E-state index in [1.807, 2.05) is 12.1 Å². The van der Waals surface area contributed by atoms with E-state index in [2.05, 4.69) is 5.32 Å². The van der Waals surface area contributed by atoms with Crippen molar-refractivity contribution in [2.75, 3.05) is 20.3 Å². The van der Waals surface area contributed by atoms with E-state index in [9.17, 15) is 4.79 Å². The lowest BCUT2D eigenvalue weighted by Gasteiger charge is -2.29. The van der Waals surface area contributed by atoms with E-state index in [-0.39, 0.29) is 0 Å². The summed E-state index contributed by atoms with van der Waals surface area (Å²) in [4.78, 5) is 10.8. The topological polar surface area (TPSA) is 58.6 Å². The van der Waals surface area contributed by atoms with Gasteiger partial charge in [-0.1, -0.05) is 25.0 Å². The summed E-state index contributed by atoms with van der Waals surface area (Å²) in [7, 11) is 1.76. The minimum Gasteiger partial charge on any atom is -0.478 e. The third kappa shape index (κ3) is 4.55. The molecule has 1 aromatic rings. The molecule has 1 aliphatic carbocycles. The van der Waals surface area contributed by atoms with Crippen LogP contribution in [-0.4, -0.2) is 31.3 Å². The lowest BCUT2D eigenvalue weighted by Crippen LogP contribution is -2.32. The van der Waals surface area contributed by atoms with E-state index in [0.29, 0.717) is 11.0 Å². The summed E-state index contributed by atoms with van der Waals surface area (Å²) in [6, 6.07) is 7.09. The maximum absolute atomic E-state index is 10.8. The van der Waals surface area contributed by atoms with Gasteiger partial charge in [0.1, 0.15) is 0 Å². The third-order valence-electron chi connectivity index (χ3n) is 4.53. The summed E-state index contributed by atoms with van der Waals surface area (Å²) in [5.41, 5.74) is 1.85. The number of aromatic carboxylic acids is 1. The van der Waals surface area contributed by atoms with Crippen molar-refractivity contribution in [1.82, 2.24) is 5.32 Å². The number of benzene rings is 1. The van der Waals surface area contributed by atoms with E-state index in [4.69, 9.17) is 9.84 Å². The fourth-order valence-corrected chi connectivity index (χ4v) is 3.20. The highest BCUT2D eigenvalue weighted by Gasteiger charge is 2.32. The van der Waals surface area contributed by atoms with Crippen molar-refractivity contribution in [2.24, 2.45) is 5.41 Å². The number of nitrogens with one attached hydrogen (secondary N) is 1. The summed E-state index contributed by atoms with van der Waals surface area (Å²) in [6.45, 7) is 2.63. The zero-order valence-corrected chi connectivity index (χ0v) is 12.7.